The second kappa shape index (κ2) is 5.48. The molecule has 22 heavy (non-hydrogen) atoms. The van der Waals surface area contributed by atoms with E-state index in [4.69, 9.17) is 0 Å². The predicted molar refractivity (Wildman–Crippen MR) is 84.6 cm³/mol. The van der Waals surface area contributed by atoms with Crippen LogP contribution in [0.2, 0.25) is 0 Å². The second-order valence-electron chi connectivity index (χ2n) is 5.27. The standard InChI is InChI=1S/C18H15NO3/c1-12-6-8-13(9-7-12)10-19-16-5-3-2-4-14(16)15(11-20)17(19)18(21)22/h2-9,11H,10H2,1H3,(H,21,22). The summed E-state index contributed by atoms with van der Waals surface area (Å²) < 4.78 is 1.69. The Morgan fingerprint density at radius 3 is 2.45 bits per heavy atom. The summed E-state index contributed by atoms with van der Waals surface area (Å²) in [5, 5.41) is 10.2. The molecule has 0 aliphatic carbocycles. The van der Waals surface area contributed by atoms with E-state index in [1.54, 1.807) is 16.7 Å². The Bertz CT molecular complexity index is 860. The van der Waals surface area contributed by atoms with Crippen molar-refractivity contribution < 1.29 is 14.7 Å². The molecule has 2 aromatic carbocycles. The highest BCUT2D eigenvalue weighted by atomic mass is 16.4. The van der Waals surface area contributed by atoms with Gasteiger partial charge in [0.1, 0.15) is 5.69 Å². The van der Waals surface area contributed by atoms with Crippen LogP contribution in [0.3, 0.4) is 0 Å². The Morgan fingerprint density at radius 1 is 1.14 bits per heavy atom. The van der Waals surface area contributed by atoms with Crippen LogP contribution in [0.15, 0.2) is 48.5 Å². The van der Waals surface area contributed by atoms with E-state index in [1.165, 1.54) is 0 Å². The number of rotatable bonds is 4. The predicted octanol–water partition coefficient (Wildman–Crippen LogP) is 3.51. The first kappa shape index (κ1) is 14.1. The molecule has 1 heterocycles. The van der Waals surface area contributed by atoms with Crippen LogP contribution in [-0.2, 0) is 6.54 Å². The monoisotopic (exact) mass is 293 g/mol. The van der Waals surface area contributed by atoms with Crippen molar-refractivity contribution in [1.82, 2.24) is 4.57 Å². The van der Waals surface area contributed by atoms with E-state index in [9.17, 15) is 14.7 Å². The fourth-order valence-electron chi connectivity index (χ4n) is 2.72. The highest BCUT2D eigenvalue weighted by molar-refractivity contribution is 6.08. The van der Waals surface area contributed by atoms with E-state index in [-0.39, 0.29) is 11.3 Å². The van der Waals surface area contributed by atoms with Gasteiger partial charge in [0.15, 0.2) is 6.29 Å². The number of carbonyl (C=O) groups is 2. The van der Waals surface area contributed by atoms with Crippen molar-refractivity contribution in [2.75, 3.05) is 0 Å². The molecule has 1 N–H and O–H groups in total. The lowest BCUT2D eigenvalue weighted by Gasteiger charge is -2.09. The van der Waals surface area contributed by atoms with Gasteiger partial charge in [-0.1, -0.05) is 48.0 Å². The number of para-hydroxylation sites is 1. The third kappa shape index (κ3) is 2.29. The summed E-state index contributed by atoms with van der Waals surface area (Å²) in [6.45, 7) is 2.41. The van der Waals surface area contributed by atoms with Crippen molar-refractivity contribution in [3.05, 3.63) is 70.9 Å². The smallest absolute Gasteiger partial charge is 0.353 e. The third-order valence-electron chi connectivity index (χ3n) is 3.79. The molecule has 1 aromatic heterocycles. The van der Waals surface area contributed by atoms with Crippen LogP contribution in [0.5, 0.6) is 0 Å². The number of carboxylic acid groups (broad SMARTS) is 1. The van der Waals surface area contributed by atoms with Gasteiger partial charge in [0.2, 0.25) is 0 Å². The Morgan fingerprint density at radius 2 is 1.82 bits per heavy atom. The van der Waals surface area contributed by atoms with E-state index in [0.29, 0.717) is 18.2 Å². The molecular formula is C18H15NO3. The number of benzene rings is 2. The first-order valence-corrected chi connectivity index (χ1v) is 6.97. The lowest BCUT2D eigenvalue weighted by atomic mass is 10.1. The summed E-state index contributed by atoms with van der Waals surface area (Å²) in [5.74, 6) is -1.09. The van der Waals surface area contributed by atoms with Gasteiger partial charge in [-0.25, -0.2) is 4.79 Å². The molecule has 0 amide bonds. The molecule has 3 rings (SSSR count). The van der Waals surface area contributed by atoms with Gasteiger partial charge in [-0.15, -0.1) is 0 Å². The summed E-state index contributed by atoms with van der Waals surface area (Å²) in [6, 6.07) is 15.2. The lowest BCUT2D eigenvalue weighted by molar-refractivity contribution is 0.0683. The number of aromatic nitrogens is 1. The minimum absolute atomic E-state index is 0.0387. The average molecular weight is 293 g/mol. The molecule has 110 valence electrons. The van der Waals surface area contributed by atoms with Gasteiger partial charge in [-0.05, 0) is 18.6 Å². The van der Waals surface area contributed by atoms with E-state index in [0.717, 1.165) is 16.6 Å². The van der Waals surface area contributed by atoms with E-state index in [1.807, 2.05) is 43.3 Å². The molecule has 4 heteroatoms. The number of nitrogens with zero attached hydrogens (tertiary/aromatic N) is 1. The Hall–Kier alpha value is -2.88. The Labute approximate surface area is 127 Å². The van der Waals surface area contributed by atoms with Crippen LogP contribution in [0.25, 0.3) is 10.9 Å². The zero-order valence-electron chi connectivity index (χ0n) is 12.1. The summed E-state index contributed by atoms with van der Waals surface area (Å²) in [6.07, 6.45) is 0.622. The van der Waals surface area contributed by atoms with Crippen LogP contribution in [0.1, 0.15) is 32.0 Å². The quantitative estimate of drug-likeness (QED) is 0.749. The fraction of sp³-hybridized carbons (Fsp3) is 0.111. The number of carboxylic acids is 1. The largest absolute Gasteiger partial charge is 0.477 e. The number of fused-ring (bicyclic) bond motifs is 1. The molecule has 0 aliphatic heterocycles. The zero-order valence-corrected chi connectivity index (χ0v) is 12.1. The van der Waals surface area contributed by atoms with Gasteiger partial charge >= 0.3 is 5.97 Å². The van der Waals surface area contributed by atoms with Gasteiger partial charge in [0, 0.05) is 17.4 Å². The summed E-state index contributed by atoms with van der Waals surface area (Å²) in [4.78, 5) is 23.0. The maximum Gasteiger partial charge on any atom is 0.353 e. The molecule has 0 radical (unpaired) electrons. The van der Waals surface area contributed by atoms with Crippen molar-refractivity contribution in [3.63, 3.8) is 0 Å². The van der Waals surface area contributed by atoms with Crippen LogP contribution >= 0.6 is 0 Å². The number of hydrogen-bond acceptors (Lipinski definition) is 2. The number of aldehydes is 1. The topological polar surface area (TPSA) is 59.3 Å². The van der Waals surface area contributed by atoms with Gasteiger partial charge in [-0.3, -0.25) is 4.79 Å². The fourth-order valence-corrected chi connectivity index (χ4v) is 2.72. The van der Waals surface area contributed by atoms with Gasteiger partial charge in [0.25, 0.3) is 0 Å². The molecule has 0 atom stereocenters. The number of carbonyl (C=O) groups excluding carboxylic acids is 1. The highest BCUT2D eigenvalue weighted by Gasteiger charge is 2.21. The van der Waals surface area contributed by atoms with Crippen LogP contribution < -0.4 is 0 Å². The molecule has 0 unspecified atom stereocenters. The van der Waals surface area contributed by atoms with Crippen molar-refractivity contribution >= 4 is 23.2 Å². The molecule has 0 fully saturated rings. The van der Waals surface area contributed by atoms with E-state index in [2.05, 4.69) is 0 Å². The first-order valence-electron chi connectivity index (χ1n) is 6.97. The Balaban J connectivity index is 2.22. The summed E-state index contributed by atoms with van der Waals surface area (Å²) >= 11 is 0. The summed E-state index contributed by atoms with van der Waals surface area (Å²) in [7, 11) is 0. The van der Waals surface area contributed by atoms with E-state index < -0.39 is 5.97 Å². The minimum atomic E-state index is -1.09. The van der Waals surface area contributed by atoms with Gasteiger partial charge in [-0.2, -0.15) is 0 Å². The third-order valence-corrected chi connectivity index (χ3v) is 3.79. The van der Waals surface area contributed by atoms with Gasteiger partial charge < -0.3 is 9.67 Å². The molecule has 0 saturated heterocycles. The molecule has 0 saturated carbocycles. The average Bonchev–Trinajstić information content (AvgIpc) is 2.83. The highest BCUT2D eigenvalue weighted by Crippen LogP contribution is 2.26. The molecule has 4 nitrogen and oxygen atoms in total. The molecule has 0 bridgehead atoms. The van der Waals surface area contributed by atoms with Crippen molar-refractivity contribution in [2.24, 2.45) is 0 Å². The Kier molecular flexibility index (Phi) is 3.51. The molecular weight excluding hydrogens is 278 g/mol. The van der Waals surface area contributed by atoms with Crippen molar-refractivity contribution in [3.8, 4) is 0 Å². The number of aryl methyl sites for hydroxylation is 1. The SMILES string of the molecule is Cc1ccc(Cn2c(C(=O)O)c(C=O)c3ccccc32)cc1. The second-order valence-corrected chi connectivity index (χ2v) is 5.27. The maximum atomic E-state index is 11.6. The van der Waals surface area contributed by atoms with Crippen LogP contribution in [0.4, 0.5) is 0 Å². The summed E-state index contributed by atoms with van der Waals surface area (Å²) in [5.41, 5.74) is 3.16. The van der Waals surface area contributed by atoms with Gasteiger partial charge in [0.05, 0.1) is 5.56 Å². The minimum Gasteiger partial charge on any atom is -0.477 e. The van der Waals surface area contributed by atoms with Crippen molar-refractivity contribution in [1.29, 1.82) is 0 Å². The lowest BCUT2D eigenvalue weighted by Crippen LogP contribution is -2.11. The number of hydrogen-bond donors (Lipinski definition) is 1. The molecule has 0 aliphatic rings. The normalized spacial score (nSPS) is 10.8. The number of aromatic carboxylic acids is 1. The zero-order chi connectivity index (χ0) is 15.7. The van der Waals surface area contributed by atoms with Crippen LogP contribution in [0, 0.1) is 6.92 Å². The van der Waals surface area contributed by atoms with Crippen LogP contribution in [-0.4, -0.2) is 21.9 Å². The molecule has 3 aromatic rings. The maximum absolute atomic E-state index is 11.6. The molecule has 0 spiro atoms. The van der Waals surface area contributed by atoms with E-state index >= 15 is 0 Å². The van der Waals surface area contributed by atoms with Crippen molar-refractivity contribution in [2.45, 2.75) is 13.5 Å². The first-order chi connectivity index (χ1) is 10.6.